The standard InChI is InChI=1S/C29H26N4O5S2/c1-16(17-7-5-4-6-8-17)38-28(36)32-26-19(15-31-33(26)2)22-13-24-23(40-22)12-21(39-24)18-11-20(37-3)25(30-14-18)29(9-10-29)27(34)35/h4-8,11-16H,9-10H2,1-3H3,(H,32,36)(H,34,35)/t16-/m1/s1. The number of methoxy groups -OCH3 is 1. The van der Waals surface area contributed by atoms with Crippen molar-refractivity contribution >= 4 is 50.0 Å². The van der Waals surface area contributed by atoms with E-state index in [-0.39, 0.29) is 0 Å². The van der Waals surface area contributed by atoms with Gasteiger partial charge in [-0.1, -0.05) is 30.3 Å². The summed E-state index contributed by atoms with van der Waals surface area (Å²) < 4.78 is 14.9. The molecule has 204 valence electrons. The Bertz CT molecular complexity index is 1700. The minimum atomic E-state index is -0.934. The van der Waals surface area contributed by atoms with Gasteiger partial charge in [-0.05, 0) is 43.5 Å². The van der Waals surface area contributed by atoms with Gasteiger partial charge in [0.2, 0.25) is 0 Å². The molecule has 4 heterocycles. The van der Waals surface area contributed by atoms with Gasteiger partial charge < -0.3 is 14.6 Å². The first-order valence-corrected chi connectivity index (χ1v) is 14.3. The van der Waals surface area contributed by atoms with Gasteiger partial charge >= 0.3 is 12.1 Å². The number of ether oxygens (including phenoxy) is 2. The molecular weight excluding hydrogens is 548 g/mol. The second-order valence-corrected chi connectivity index (χ2v) is 11.9. The second kappa shape index (κ2) is 10.1. The van der Waals surface area contributed by atoms with Crippen LogP contribution in [-0.4, -0.2) is 39.0 Å². The Balaban J connectivity index is 1.23. The smallest absolute Gasteiger partial charge is 0.413 e. The van der Waals surface area contributed by atoms with Gasteiger partial charge in [-0.25, -0.2) is 4.79 Å². The number of nitrogens with one attached hydrogen (secondary N) is 1. The molecule has 1 aromatic carbocycles. The van der Waals surface area contributed by atoms with E-state index in [2.05, 4.69) is 27.5 Å². The van der Waals surface area contributed by atoms with Crippen molar-refractivity contribution in [1.82, 2.24) is 14.8 Å². The van der Waals surface area contributed by atoms with Crippen LogP contribution in [0.25, 0.3) is 30.3 Å². The molecule has 4 aromatic heterocycles. The minimum absolute atomic E-state index is 0.399. The summed E-state index contributed by atoms with van der Waals surface area (Å²) in [6.45, 7) is 1.83. The van der Waals surface area contributed by atoms with Gasteiger partial charge in [0.1, 0.15) is 23.1 Å². The zero-order valence-electron chi connectivity index (χ0n) is 22.0. The number of anilines is 1. The summed E-state index contributed by atoms with van der Waals surface area (Å²) >= 11 is 3.21. The fourth-order valence-corrected chi connectivity index (χ4v) is 7.11. The number of carboxylic acids is 1. The number of carboxylic acid groups (broad SMARTS) is 1. The van der Waals surface area contributed by atoms with Crippen molar-refractivity contribution in [2.45, 2.75) is 31.3 Å². The number of aromatic nitrogens is 3. The van der Waals surface area contributed by atoms with Crippen LogP contribution in [0.5, 0.6) is 5.75 Å². The number of nitrogens with zero attached hydrogens (tertiary/aromatic N) is 3. The highest BCUT2D eigenvalue weighted by atomic mass is 32.1. The summed E-state index contributed by atoms with van der Waals surface area (Å²) in [7, 11) is 3.31. The van der Waals surface area contributed by atoms with Crippen molar-refractivity contribution in [3.63, 3.8) is 0 Å². The van der Waals surface area contributed by atoms with E-state index in [4.69, 9.17) is 9.47 Å². The molecule has 2 N–H and O–H groups in total. The first-order chi connectivity index (χ1) is 19.3. The van der Waals surface area contributed by atoms with Crippen LogP contribution in [0.1, 0.15) is 37.1 Å². The van der Waals surface area contributed by atoms with E-state index in [0.29, 0.717) is 30.1 Å². The molecule has 0 aliphatic heterocycles. The lowest BCUT2D eigenvalue weighted by atomic mass is 10.00. The SMILES string of the molecule is COc1cc(-c2cc3sc(-c4cnn(C)c4NC(=O)O[C@H](C)c4ccccc4)cc3s2)cnc1C1(C(=O)O)CC1. The molecule has 1 aliphatic rings. The number of hydrogen-bond acceptors (Lipinski definition) is 8. The number of aryl methyl sites for hydroxylation is 1. The quantitative estimate of drug-likeness (QED) is 0.208. The van der Waals surface area contributed by atoms with Crippen LogP contribution in [0.4, 0.5) is 10.6 Å². The van der Waals surface area contributed by atoms with E-state index in [9.17, 15) is 14.7 Å². The van der Waals surface area contributed by atoms with Crippen molar-refractivity contribution in [3.8, 4) is 26.6 Å². The number of thiophene rings is 2. The van der Waals surface area contributed by atoms with Gasteiger partial charge in [0.25, 0.3) is 0 Å². The Morgan fingerprint density at radius 2 is 1.77 bits per heavy atom. The number of carbonyl (C=O) groups excluding carboxylic acids is 1. The third kappa shape index (κ3) is 4.61. The lowest BCUT2D eigenvalue weighted by Crippen LogP contribution is -2.21. The van der Waals surface area contributed by atoms with Gasteiger partial charge in [0, 0.05) is 38.0 Å². The number of pyridine rings is 1. The fourth-order valence-electron chi connectivity index (χ4n) is 4.73. The Kier molecular flexibility index (Phi) is 6.55. The van der Waals surface area contributed by atoms with E-state index in [0.717, 1.165) is 35.8 Å². The molecule has 0 spiro atoms. The van der Waals surface area contributed by atoms with Crippen LogP contribution in [0, 0.1) is 0 Å². The molecule has 0 saturated heterocycles. The van der Waals surface area contributed by atoms with Crippen molar-refractivity contribution in [2.24, 2.45) is 7.05 Å². The Morgan fingerprint density at radius 1 is 1.07 bits per heavy atom. The number of fused-ring (bicyclic) bond motifs is 1. The molecule has 11 heteroatoms. The van der Waals surface area contributed by atoms with Crippen molar-refractivity contribution in [3.05, 3.63) is 72.2 Å². The monoisotopic (exact) mass is 574 g/mol. The molecule has 0 radical (unpaired) electrons. The molecular formula is C29H26N4O5S2. The maximum atomic E-state index is 12.7. The summed E-state index contributed by atoms with van der Waals surface area (Å²) in [5.74, 6) is 0.184. The maximum Gasteiger partial charge on any atom is 0.413 e. The van der Waals surface area contributed by atoms with E-state index >= 15 is 0 Å². The van der Waals surface area contributed by atoms with Crippen LogP contribution >= 0.6 is 22.7 Å². The highest BCUT2D eigenvalue weighted by Gasteiger charge is 2.54. The predicted octanol–water partition coefficient (Wildman–Crippen LogP) is 6.86. The fraction of sp³-hybridized carbons (Fsp3) is 0.241. The van der Waals surface area contributed by atoms with Crippen molar-refractivity contribution in [2.75, 3.05) is 12.4 Å². The molecule has 0 unspecified atom stereocenters. The summed E-state index contributed by atoms with van der Waals surface area (Å²) in [5.41, 5.74) is 2.14. The maximum absolute atomic E-state index is 12.7. The molecule has 1 amide bonds. The third-order valence-corrected chi connectivity index (χ3v) is 9.53. The Morgan fingerprint density at radius 3 is 2.45 bits per heavy atom. The molecule has 0 bridgehead atoms. The third-order valence-electron chi connectivity index (χ3n) is 7.15. The first kappa shape index (κ1) is 26.0. The molecule has 6 rings (SSSR count). The van der Waals surface area contributed by atoms with Crippen molar-refractivity contribution < 1.29 is 24.2 Å². The van der Waals surface area contributed by atoms with Crippen molar-refractivity contribution in [1.29, 1.82) is 0 Å². The number of carbonyl (C=O) groups is 2. The highest BCUT2D eigenvalue weighted by Crippen LogP contribution is 2.51. The van der Waals surface area contributed by atoms with Crippen LogP contribution in [0.2, 0.25) is 0 Å². The zero-order valence-corrected chi connectivity index (χ0v) is 23.6. The normalized spacial score (nSPS) is 14.6. The molecule has 5 aromatic rings. The highest BCUT2D eigenvalue weighted by molar-refractivity contribution is 7.31. The molecule has 1 aliphatic carbocycles. The Labute approximate surface area is 238 Å². The minimum Gasteiger partial charge on any atom is -0.495 e. The van der Waals surface area contributed by atoms with E-state index in [1.807, 2.05) is 43.3 Å². The molecule has 1 atom stereocenters. The van der Waals surface area contributed by atoms with E-state index in [1.54, 1.807) is 53.9 Å². The van der Waals surface area contributed by atoms with Crippen LogP contribution < -0.4 is 10.1 Å². The van der Waals surface area contributed by atoms with Crippen LogP contribution in [0.15, 0.2) is 60.9 Å². The largest absolute Gasteiger partial charge is 0.495 e. The summed E-state index contributed by atoms with van der Waals surface area (Å²) in [4.78, 5) is 31.0. The molecule has 1 fully saturated rings. The average Bonchev–Trinajstić information content (AvgIpc) is 3.36. The van der Waals surface area contributed by atoms with Gasteiger partial charge in [0.15, 0.2) is 0 Å². The first-order valence-electron chi connectivity index (χ1n) is 12.7. The van der Waals surface area contributed by atoms with E-state index in [1.165, 1.54) is 0 Å². The molecule has 9 nitrogen and oxygen atoms in total. The second-order valence-electron chi connectivity index (χ2n) is 9.73. The van der Waals surface area contributed by atoms with Gasteiger partial charge in [0.05, 0.1) is 24.6 Å². The molecule has 1 saturated carbocycles. The van der Waals surface area contributed by atoms with E-state index < -0.39 is 23.6 Å². The summed E-state index contributed by atoms with van der Waals surface area (Å²) in [6.07, 6.45) is 3.64. The Hall–Kier alpha value is -4.22. The van der Waals surface area contributed by atoms with Gasteiger partial charge in [-0.3, -0.25) is 19.8 Å². The van der Waals surface area contributed by atoms with Gasteiger partial charge in [-0.15, -0.1) is 22.7 Å². The number of rotatable bonds is 8. The number of amides is 1. The lowest BCUT2D eigenvalue weighted by Gasteiger charge is -2.15. The molecule has 40 heavy (non-hydrogen) atoms. The van der Waals surface area contributed by atoms with Gasteiger partial charge in [-0.2, -0.15) is 5.10 Å². The summed E-state index contributed by atoms with van der Waals surface area (Å²) in [6, 6.07) is 15.6. The number of hydrogen-bond donors (Lipinski definition) is 2. The number of benzene rings is 1. The summed E-state index contributed by atoms with van der Waals surface area (Å²) in [5, 5.41) is 16.9. The predicted molar refractivity (Wildman–Crippen MR) is 155 cm³/mol. The van der Waals surface area contributed by atoms with Crippen LogP contribution in [0.3, 0.4) is 0 Å². The average molecular weight is 575 g/mol. The number of aliphatic carboxylic acids is 1. The van der Waals surface area contributed by atoms with Crippen LogP contribution in [-0.2, 0) is 22.0 Å². The zero-order chi connectivity index (χ0) is 28.0. The topological polar surface area (TPSA) is 116 Å². The lowest BCUT2D eigenvalue weighted by molar-refractivity contribution is -0.140.